The lowest BCUT2D eigenvalue weighted by molar-refractivity contribution is 0.0945. The van der Waals surface area contributed by atoms with Gasteiger partial charge in [-0.05, 0) is 48.6 Å². The van der Waals surface area contributed by atoms with Gasteiger partial charge in [-0.1, -0.05) is 72.6 Å². The number of amides is 1. The monoisotopic (exact) mass is 408 g/mol. The zero-order chi connectivity index (χ0) is 20.6. The van der Waals surface area contributed by atoms with Crippen molar-refractivity contribution in [3.05, 3.63) is 82.5 Å². The van der Waals surface area contributed by atoms with Crippen molar-refractivity contribution in [1.82, 2.24) is 10.5 Å². The predicted molar refractivity (Wildman–Crippen MR) is 118 cm³/mol. The molecule has 3 aromatic rings. The maximum Gasteiger partial charge on any atom is 0.273 e. The number of unbranched alkanes of at least 4 members (excludes halogenated alkanes) is 1. The number of carbonyl (C=O) groups excluding carboxylic acids is 1. The minimum absolute atomic E-state index is 0.242. The van der Waals surface area contributed by atoms with E-state index in [1.165, 1.54) is 11.1 Å². The second-order valence-corrected chi connectivity index (χ2v) is 7.36. The Bertz CT molecular complexity index is 993. The lowest BCUT2D eigenvalue weighted by atomic mass is 9.96. The Balaban J connectivity index is 1.64. The van der Waals surface area contributed by atoms with Crippen molar-refractivity contribution in [1.29, 1.82) is 0 Å². The highest BCUT2D eigenvalue weighted by Crippen LogP contribution is 2.26. The fourth-order valence-electron chi connectivity index (χ4n) is 3.13. The molecule has 1 aromatic heterocycles. The molecule has 0 saturated heterocycles. The van der Waals surface area contributed by atoms with E-state index in [-0.39, 0.29) is 11.6 Å². The minimum Gasteiger partial charge on any atom is -0.355 e. The van der Waals surface area contributed by atoms with Gasteiger partial charge in [0.25, 0.3) is 5.91 Å². The summed E-state index contributed by atoms with van der Waals surface area (Å²) in [6, 6.07) is 17.2. The molecule has 0 spiro atoms. The topological polar surface area (TPSA) is 55.1 Å². The molecule has 0 aliphatic heterocycles. The van der Waals surface area contributed by atoms with Crippen LogP contribution in [0.3, 0.4) is 0 Å². The number of hydrogen-bond donors (Lipinski definition) is 1. The molecular formula is C24H25ClN2O2. The van der Waals surface area contributed by atoms with Crippen molar-refractivity contribution in [3.63, 3.8) is 0 Å². The molecule has 0 saturated carbocycles. The van der Waals surface area contributed by atoms with Gasteiger partial charge in [0.15, 0.2) is 11.5 Å². The van der Waals surface area contributed by atoms with Crippen molar-refractivity contribution >= 4 is 23.1 Å². The molecular weight excluding hydrogens is 384 g/mol. The Morgan fingerprint density at radius 2 is 1.97 bits per heavy atom. The zero-order valence-corrected chi connectivity index (χ0v) is 17.5. The van der Waals surface area contributed by atoms with E-state index in [9.17, 15) is 4.79 Å². The largest absolute Gasteiger partial charge is 0.355 e. The van der Waals surface area contributed by atoms with E-state index in [0.717, 1.165) is 30.4 Å². The normalized spacial score (nSPS) is 11.5. The number of aryl methyl sites for hydroxylation is 1. The van der Waals surface area contributed by atoms with E-state index in [2.05, 4.69) is 30.4 Å². The van der Waals surface area contributed by atoms with Crippen LogP contribution in [0.4, 0.5) is 0 Å². The Labute approximate surface area is 176 Å². The van der Waals surface area contributed by atoms with Crippen molar-refractivity contribution in [3.8, 4) is 11.3 Å². The third-order valence-electron chi connectivity index (χ3n) is 4.71. The first kappa shape index (κ1) is 20.9. The van der Waals surface area contributed by atoms with Crippen molar-refractivity contribution < 1.29 is 9.32 Å². The molecule has 0 radical (unpaired) electrons. The summed E-state index contributed by atoms with van der Waals surface area (Å²) in [7, 11) is 0. The van der Waals surface area contributed by atoms with Gasteiger partial charge in [0.05, 0.1) is 0 Å². The SMILES string of the molecule is CCCC=C(CCNC(=O)c1cc(-c2ccccc2)on1)c1cc(Cl)ccc1C. The van der Waals surface area contributed by atoms with Gasteiger partial charge >= 0.3 is 0 Å². The van der Waals surface area contributed by atoms with E-state index in [0.29, 0.717) is 17.3 Å². The average molecular weight is 409 g/mol. The molecule has 1 heterocycles. The lowest BCUT2D eigenvalue weighted by Gasteiger charge is -2.12. The van der Waals surface area contributed by atoms with E-state index in [1.807, 2.05) is 48.5 Å². The third kappa shape index (κ3) is 5.58. The van der Waals surface area contributed by atoms with Crippen LogP contribution in [0.15, 0.2) is 65.2 Å². The van der Waals surface area contributed by atoms with E-state index >= 15 is 0 Å². The summed E-state index contributed by atoms with van der Waals surface area (Å²) in [6.07, 6.45) is 5.00. The highest BCUT2D eigenvalue weighted by Gasteiger charge is 2.14. The number of rotatable bonds is 8. The predicted octanol–water partition coefficient (Wildman–Crippen LogP) is 6.31. The molecule has 29 heavy (non-hydrogen) atoms. The summed E-state index contributed by atoms with van der Waals surface area (Å²) in [6.45, 7) is 4.73. The third-order valence-corrected chi connectivity index (χ3v) is 4.94. The van der Waals surface area contributed by atoms with Crippen LogP contribution in [0, 0.1) is 6.92 Å². The molecule has 0 fully saturated rings. The number of halogens is 1. The van der Waals surface area contributed by atoms with Gasteiger partial charge in [-0.15, -0.1) is 0 Å². The number of aromatic nitrogens is 1. The fourth-order valence-corrected chi connectivity index (χ4v) is 3.30. The molecule has 5 heteroatoms. The second kappa shape index (κ2) is 10.1. The number of nitrogens with zero attached hydrogens (tertiary/aromatic N) is 1. The van der Waals surface area contributed by atoms with Crippen LogP contribution in [-0.2, 0) is 0 Å². The van der Waals surface area contributed by atoms with Crippen LogP contribution in [0.2, 0.25) is 5.02 Å². The Hall–Kier alpha value is -2.85. The highest BCUT2D eigenvalue weighted by atomic mass is 35.5. The quantitative estimate of drug-likeness (QED) is 0.475. The van der Waals surface area contributed by atoms with Gasteiger partial charge in [0.1, 0.15) is 0 Å². The van der Waals surface area contributed by atoms with E-state index in [1.54, 1.807) is 6.07 Å². The average Bonchev–Trinajstić information content (AvgIpc) is 3.23. The smallest absolute Gasteiger partial charge is 0.273 e. The molecule has 150 valence electrons. The molecule has 0 aliphatic rings. The van der Waals surface area contributed by atoms with Crippen LogP contribution in [-0.4, -0.2) is 17.6 Å². The van der Waals surface area contributed by atoms with Crippen molar-refractivity contribution in [2.24, 2.45) is 0 Å². The molecule has 3 rings (SSSR count). The Morgan fingerprint density at radius 3 is 2.72 bits per heavy atom. The highest BCUT2D eigenvalue weighted by molar-refractivity contribution is 6.30. The van der Waals surface area contributed by atoms with Gasteiger partial charge < -0.3 is 9.84 Å². The molecule has 0 aliphatic carbocycles. The van der Waals surface area contributed by atoms with Crippen LogP contribution in [0.25, 0.3) is 16.9 Å². The first-order valence-electron chi connectivity index (χ1n) is 9.84. The number of benzene rings is 2. The number of carbonyl (C=O) groups is 1. The molecule has 1 N–H and O–H groups in total. The van der Waals surface area contributed by atoms with E-state index < -0.39 is 0 Å². The fraction of sp³-hybridized carbons (Fsp3) is 0.250. The van der Waals surface area contributed by atoms with Crippen LogP contribution in [0.1, 0.15) is 47.8 Å². The number of hydrogen-bond acceptors (Lipinski definition) is 3. The molecule has 0 atom stereocenters. The summed E-state index contributed by atoms with van der Waals surface area (Å²) in [5, 5.41) is 7.56. The molecule has 0 unspecified atom stereocenters. The lowest BCUT2D eigenvalue weighted by Crippen LogP contribution is -2.24. The maximum atomic E-state index is 12.5. The number of nitrogens with one attached hydrogen (secondary N) is 1. The summed E-state index contributed by atoms with van der Waals surface area (Å²) < 4.78 is 5.31. The molecule has 4 nitrogen and oxygen atoms in total. The zero-order valence-electron chi connectivity index (χ0n) is 16.7. The van der Waals surface area contributed by atoms with Crippen LogP contribution in [0.5, 0.6) is 0 Å². The molecule has 1 amide bonds. The summed E-state index contributed by atoms with van der Waals surface area (Å²) in [4.78, 5) is 12.5. The van der Waals surface area contributed by atoms with Crippen LogP contribution >= 0.6 is 11.6 Å². The van der Waals surface area contributed by atoms with Gasteiger partial charge in [-0.25, -0.2) is 0 Å². The maximum absolute atomic E-state index is 12.5. The van der Waals surface area contributed by atoms with Gasteiger partial charge in [-0.3, -0.25) is 4.79 Å². The van der Waals surface area contributed by atoms with Crippen molar-refractivity contribution in [2.75, 3.05) is 6.54 Å². The van der Waals surface area contributed by atoms with Crippen molar-refractivity contribution in [2.45, 2.75) is 33.1 Å². The Morgan fingerprint density at radius 1 is 1.17 bits per heavy atom. The van der Waals surface area contributed by atoms with Gasteiger partial charge in [-0.2, -0.15) is 0 Å². The standard InChI is InChI=1S/C24H25ClN2O2/c1-3-4-8-18(21-15-20(25)12-11-17(21)2)13-14-26-24(28)22-16-23(29-27-22)19-9-6-5-7-10-19/h5-12,15-16H,3-4,13-14H2,1-2H3,(H,26,28). The van der Waals surface area contributed by atoms with Gasteiger partial charge in [0.2, 0.25) is 0 Å². The first-order valence-corrected chi connectivity index (χ1v) is 10.2. The first-order chi connectivity index (χ1) is 14.1. The Kier molecular flexibility index (Phi) is 7.25. The van der Waals surface area contributed by atoms with Crippen LogP contribution < -0.4 is 5.32 Å². The minimum atomic E-state index is -0.242. The summed E-state index contributed by atoms with van der Waals surface area (Å²) >= 11 is 6.20. The molecule has 2 aromatic carbocycles. The summed E-state index contributed by atoms with van der Waals surface area (Å²) in [5.74, 6) is 0.336. The second-order valence-electron chi connectivity index (χ2n) is 6.93. The van der Waals surface area contributed by atoms with E-state index in [4.69, 9.17) is 16.1 Å². The summed E-state index contributed by atoms with van der Waals surface area (Å²) in [5.41, 5.74) is 4.67. The van der Waals surface area contributed by atoms with Gasteiger partial charge in [0, 0.05) is 23.2 Å². The number of allylic oxidation sites excluding steroid dienone is 1. The molecule has 0 bridgehead atoms.